The number of hydrogen-bond acceptors (Lipinski definition) is 6. The first-order chi connectivity index (χ1) is 11.3. The third kappa shape index (κ3) is 3.93. The average Bonchev–Trinajstić information content (AvgIpc) is 2.47. The fraction of sp³-hybridized carbons (Fsp3) is 0.722. The minimum atomic E-state index is -1.15. The number of nitrogens with zero attached hydrogens (tertiary/aromatic N) is 3. The Balaban J connectivity index is 2.55. The van der Waals surface area contributed by atoms with Gasteiger partial charge in [-0.3, -0.25) is 9.63 Å². The number of hydroxylamine groups is 2. The number of aliphatic hydroxyl groups excluding tert-OH is 1. The first kappa shape index (κ1) is 19.6. The van der Waals surface area contributed by atoms with Crippen molar-refractivity contribution >= 4 is 5.91 Å². The van der Waals surface area contributed by atoms with Crippen LogP contribution in [-0.2, 0) is 20.5 Å². The molecular weight excluding hydrogens is 322 g/mol. The Morgan fingerprint density at radius 1 is 1.12 bits per heavy atom. The quantitative estimate of drug-likeness (QED) is 0.848. The smallest absolute Gasteiger partial charge is 0.252 e. The molecule has 1 aliphatic heterocycles. The van der Waals surface area contributed by atoms with Gasteiger partial charge in [0.15, 0.2) is 11.6 Å². The van der Waals surface area contributed by atoms with Gasteiger partial charge in [0.05, 0.1) is 23.9 Å². The van der Waals surface area contributed by atoms with Crippen molar-refractivity contribution in [1.29, 1.82) is 0 Å². The third-order valence-electron chi connectivity index (χ3n) is 4.31. The van der Waals surface area contributed by atoms with Gasteiger partial charge in [-0.05, 0) is 6.42 Å². The molecular formula is C18H29N3O4. The highest BCUT2D eigenvalue weighted by atomic mass is 16.7. The van der Waals surface area contributed by atoms with E-state index in [-0.39, 0.29) is 17.5 Å². The number of aromatic nitrogens is 2. The molecule has 7 heteroatoms. The highest BCUT2D eigenvalue weighted by molar-refractivity contribution is 5.78. The highest BCUT2D eigenvalue weighted by Crippen LogP contribution is 2.38. The standard InChI is InChI=1S/C18H29N3O4/c1-17(2,3)13-12(23)14(18(4,5)6)20-15(19-13)11(22)10-8-9-25-21(7)16(10)24/h10-11,22-23H,8-9H2,1-7H3. The molecule has 2 N–H and O–H groups in total. The summed E-state index contributed by atoms with van der Waals surface area (Å²) in [6.07, 6.45) is -0.758. The molecule has 7 nitrogen and oxygen atoms in total. The zero-order valence-electron chi connectivity index (χ0n) is 16.1. The summed E-state index contributed by atoms with van der Waals surface area (Å²) in [7, 11) is 1.53. The van der Waals surface area contributed by atoms with Crippen LogP contribution in [0.3, 0.4) is 0 Å². The number of amides is 1. The van der Waals surface area contributed by atoms with Crippen molar-refractivity contribution in [2.75, 3.05) is 13.7 Å². The topological polar surface area (TPSA) is 95.8 Å². The van der Waals surface area contributed by atoms with Crippen LogP contribution in [-0.4, -0.2) is 44.8 Å². The van der Waals surface area contributed by atoms with Crippen molar-refractivity contribution in [2.45, 2.75) is 64.9 Å². The van der Waals surface area contributed by atoms with E-state index in [2.05, 4.69) is 9.97 Å². The molecule has 1 saturated heterocycles. The minimum absolute atomic E-state index is 0.0476. The summed E-state index contributed by atoms with van der Waals surface area (Å²) in [6.45, 7) is 12.0. The molecule has 2 unspecified atom stereocenters. The molecule has 2 atom stereocenters. The van der Waals surface area contributed by atoms with E-state index in [1.165, 1.54) is 7.05 Å². The van der Waals surface area contributed by atoms with Gasteiger partial charge in [-0.25, -0.2) is 15.0 Å². The van der Waals surface area contributed by atoms with Crippen LogP contribution in [0.1, 0.15) is 71.3 Å². The summed E-state index contributed by atoms with van der Waals surface area (Å²) < 4.78 is 0. The van der Waals surface area contributed by atoms with Gasteiger partial charge in [-0.2, -0.15) is 0 Å². The summed E-state index contributed by atoms with van der Waals surface area (Å²) in [5, 5.41) is 22.6. The monoisotopic (exact) mass is 351 g/mol. The van der Waals surface area contributed by atoms with E-state index in [1.54, 1.807) is 0 Å². The van der Waals surface area contributed by atoms with Crippen molar-refractivity contribution in [3.8, 4) is 5.75 Å². The molecule has 1 aliphatic rings. The number of aromatic hydroxyl groups is 1. The van der Waals surface area contributed by atoms with Crippen molar-refractivity contribution in [3.63, 3.8) is 0 Å². The van der Waals surface area contributed by atoms with E-state index >= 15 is 0 Å². The maximum absolute atomic E-state index is 12.3. The highest BCUT2D eigenvalue weighted by Gasteiger charge is 2.38. The lowest BCUT2D eigenvalue weighted by atomic mass is 9.85. The first-order valence-corrected chi connectivity index (χ1v) is 8.54. The fourth-order valence-corrected chi connectivity index (χ4v) is 2.86. The molecule has 1 aromatic heterocycles. The summed E-state index contributed by atoms with van der Waals surface area (Å²) in [5.41, 5.74) is 0.0688. The number of carbonyl (C=O) groups is 1. The number of carbonyl (C=O) groups excluding carboxylic acids is 1. The maximum atomic E-state index is 12.3. The maximum Gasteiger partial charge on any atom is 0.252 e. The van der Waals surface area contributed by atoms with Crippen molar-refractivity contribution in [3.05, 3.63) is 17.2 Å². The van der Waals surface area contributed by atoms with Crippen LogP contribution in [0, 0.1) is 5.92 Å². The SMILES string of the molecule is CN1OCCC(C(O)c2nc(C(C)(C)C)c(O)c(C(C)(C)C)n2)C1=O. The second-order valence-electron chi connectivity index (χ2n) is 8.64. The van der Waals surface area contributed by atoms with E-state index < -0.39 is 22.9 Å². The summed E-state index contributed by atoms with van der Waals surface area (Å²) in [6, 6.07) is 0. The average molecular weight is 351 g/mol. The molecule has 25 heavy (non-hydrogen) atoms. The second-order valence-corrected chi connectivity index (χ2v) is 8.64. The van der Waals surface area contributed by atoms with Crippen LogP contribution in [0.25, 0.3) is 0 Å². The second kappa shape index (κ2) is 6.53. The normalized spacial score (nSPS) is 20.7. The Kier molecular flexibility index (Phi) is 5.12. The Labute approximate surface area is 149 Å². The van der Waals surface area contributed by atoms with Crippen LogP contribution in [0.15, 0.2) is 0 Å². The fourth-order valence-electron chi connectivity index (χ4n) is 2.86. The summed E-state index contributed by atoms with van der Waals surface area (Å²) in [4.78, 5) is 26.3. The van der Waals surface area contributed by atoms with Gasteiger partial charge < -0.3 is 10.2 Å². The molecule has 2 rings (SSSR count). The molecule has 2 heterocycles. The van der Waals surface area contributed by atoms with Crippen LogP contribution in [0.4, 0.5) is 0 Å². The number of aliphatic hydroxyl groups is 1. The van der Waals surface area contributed by atoms with E-state index in [0.717, 1.165) is 5.06 Å². The van der Waals surface area contributed by atoms with Gasteiger partial charge >= 0.3 is 0 Å². The van der Waals surface area contributed by atoms with Gasteiger partial charge in [0, 0.05) is 17.9 Å². The molecule has 0 aliphatic carbocycles. The minimum Gasteiger partial charge on any atom is -0.504 e. The molecule has 1 amide bonds. The van der Waals surface area contributed by atoms with Gasteiger partial charge in [0.1, 0.15) is 6.10 Å². The first-order valence-electron chi connectivity index (χ1n) is 8.54. The lowest BCUT2D eigenvalue weighted by molar-refractivity contribution is -0.203. The van der Waals surface area contributed by atoms with Crippen molar-refractivity contribution < 1.29 is 19.8 Å². The zero-order valence-corrected chi connectivity index (χ0v) is 16.1. The Morgan fingerprint density at radius 2 is 1.60 bits per heavy atom. The molecule has 0 saturated carbocycles. The summed E-state index contributed by atoms with van der Waals surface area (Å²) in [5.74, 6) is -0.748. The van der Waals surface area contributed by atoms with Gasteiger partial charge in [0.25, 0.3) is 5.91 Å². The molecule has 0 bridgehead atoms. The lowest BCUT2D eigenvalue weighted by Crippen LogP contribution is -2.42. The molecule has 0 radical (unpaired) electrons. The molecule has 0 aromatic carbocycles. The molecule has 0 spiro atoms. The Bertz CT molecular complexity index is 626. The Hall–Kier alpha value is -1.73. The lowest BCUT2D eigenvalue weighted by Gasteiger charge is -2.32. The van der Waals surface area contributed by atoms with Crippen molar-refractivity contribution in [2.24, 2.45) is 5.92 Å². The van der Waals surface area contributed by atoms with Crippen LogP contribution in [0.5, 0.6) is 5.75 Å². The van der Waals surface area contributed by atoms with Crippen LogP contribution < -0.4 is 0 Å². The van der Waals surface area contributed by atoms with Gasteiger partial charge in [0.2, 0.25) is 0 Å². The van der Waals surface area contributed by atoms with Gasteiger partial charge in [-0.1, -0.05) is 41.5 Å². The van der Waals surface area contributed by atoms with Gasteiger partial charge in [-0.15, -0.1) is 0 Å². The number of rotatable bonds is 2. The van der Waals surface area contributed by atoms with E-state index in [9.17, 15) is 15.0 Å². The van der Waals surface area contributed by atoms with Crippen LogP contribution in [0.2, 0.25) is 0 Å². The van der Waals surface area contributed by atoms with E-state index in [1.807, 2.05) is 41.5 Å². The third-order valence-corrected chi connectivity index (χ3v) is 4.31. The molecule has 1 fully saturated rings. The van der Waals surface area contributed by atoms with Crippen LogP contribution >= 0.6 is 0 Å². The predicted octanol–water partition coefficient (Wildman–Crippen LogP) is 2.22. The molecule has 140 valence electrons. The summed E-state index contributed by atoms with van der Waals surface area (Å²) >= 11 is 0. The predicted molar refractivity (Wildman–Crippen MR) is 92.9 cm³/mol. The number of hydrogen-bond donors (Lipinski definition) is 2. The molecule has 1 aromatic rings. The van der Waals surface area contributed by atoms with Crippen molar-refractivity contribution in [1.82, 2.24) is 15.0 Å². The largest absolute Gasteiger partial charge is 0.504 e. The zero-order chi connectivity index (χ0) is 19.2. The van der Waals surface area contributed by atoms with E-state index in [0.29, 0.717) is 24.4 Å². The van der Waals surface area contributed by atoms with E-state index in [4.69, 9.17) is 4.84 Å². The Morgan fingerprint density at radius 3 is 2.04 bits per heavy atom.